The molecule has 10 heteroatoms. The minimum Gasteiger partial charge on any atom is -0.497 e. The van der Waals surface area contributed by atoms with E-state index in [1.54, 1.807) is 41.3 Å². The molecule has 1 aliphatic carbocycles. The van der Waals surface area contributed by atoms with Crippen LogP contribution in [0.5, 0.6) is 5.75 Å². The number of nitrogens with zero attached hydrogens (tertiary/aromatic N) is 2. The number of halogens is 1. The van der Waals surface area contributed by atoms with Crippen LogP contribution in [-0.4, -0.2) is 57.1 Å². The molecule has 39 heavy (non-hydrogen) atoms. The number of hydrogen-bond donors (Lipinski definition) is 1. The fourth-order valence-corrected chi connectivity index (χ4v) is 5.98. The van der Waals surface area contributed by atoms with Gasteiger partial charge in [0.1, 0.15) is 17.6 Å². The molecule has 0 heterocycles. The van der Waals surface area contributed by atoms with Gasteiger partial charge in [-0.15, -0.1) is 0 Å². The van der Waals surface area contributed by atoms with Gasteiger partial charge in [-0.05, 0) is 55.5 Å². The number of ether oxygens (including phenoxy) is 1. The number of benzene rings is 2. The predicted octanol–water partition coefficient (Wildman–Crippen LogP) is 4.64. The van der Waals surface area contributed by atoms with Crippen LogP contribution in [0.25, 0.3) is 0 Å². The van der Waals surface area contributed by atoms with Crippen molar-refractivity contribution in [3.63, 3.8) is 0 Å². The molecular weight excluding hydrogens is 521 g/mol. The lowest BCUT2D eigenvalue weighted by molar-refractivity contribution is -0.141. The second-order valence-corrected chi connectivity index (χ2v) is 12.0. The van der Waals surface area contributed by atoms with E-state index < -0.39 is 16.1 Å². The summed E-state index contributed by atoms with van der Waals surface area (Å²) >= 11 is 0. The number of amides is 2. The maximum Gasteiger partial charge on any atom is 0.243 e. The first-order valence-electron chi connectivity index (χ1n) is 13.6. The summed E-state index contributed by atoms with van der Waals surface area (Å²) in [6.07, 6.45) is 7.02. The van der Waals surface area contributed by atoms with Gasteiger partial charge in [0.2, 0.25) is 21.8 Å². The summed E-state index contributed by atoms with van der Waals surface area (Å²) in [7, 11) is -2.10. The minimum atomic E-state index is -3.61. The molecule has 0 spiro atoms. The van der Waals surface area contributed by atoms with Crippen molar-refractivity contribution in [1.29, 1.82) is 0 Å². The topological polar surface area (TPSA) is 96.0 Å². The van der Waals surface area contributed by atoms with Crippen molar-refractivity contribution in [1.82, 2.24) is 10.2 Å². The highest BCUT2D eigenvalue weighted by molar-refractivity contribution is 7.92. The van der Waals surface area contributed by atoms with E-state index in [2.05, 4.69) is 5.32 Å². The number of anilines is 1. The van der Waals surface area contributed by atoms with Gasteiger partial charge < -0.3 is 15.0 Å². The Labute approximate surface area is 231 Å². The van der Waals surface area contributed by atoms with Gasteiger partial charge in [0.25, 0.3) is 0 Å². The van der Waals surface area contributed by atoms with Crippen LogP contribution in [0.3, 0.4) is 0 Å². The van der Waals surface area contributed by atoms with Crippen molar-refractivity contribution < 1.29 is 27.1 Å². The Bertz CT molecular complexity index is 1200. The van der Waals surface area contributed by atoms with E-state index in [9.17, 15) is 22.4 Å². The fraction of sp³-hybridized carbons (Fsp3) is 0.517. The highest BCUT2D eigenvalue weighted by Gasteiger charge is 2.30. The summed E-state index contributed by atoms with van der Waals surface area (Å²) < 4.78 is 45.1. The van der Waals surface area contributed by atoms with Crippen molar-refractivity contribution >= 4 is 27.5 Å². The number of carbonyl (C=O) groups excluding carboxylic acids is 2. The zero-order valence-electron chi connectivity index (χ0n) is 23.1. The monoisotopic (exact) mass is 561 g/mol. The van der Waals surface area contributed by atoms with E-state index in [1.807, 2.05) is 6.92 Å². The number of nitrogens with one attached hydrogen (secondary N) is 1. The van der Waals surface area contributed by atoms with Crippen LogP contribution < -0.4 is 14.4 Å². The molecule has 2 aromatic carbocycles. The van der Waals surface area contributed by atoms with Crippen molar-refractivity contribution in [2.24, 2.45) is 0 Å². The second-order valence-electron chi connectivity index (χ2n) is 10.1. The molecule has 1 N–H and O–H groups in total. The Morgan fingerprint density at radius 1 is 1.10 bits per heavy atom. The van der Waals surface area contributed by atoms with Gasteiger partial charge in [0, 0.05) is 31.6 Å². The molecule has 0 radical (unpaired) electrons. The van der Waals surface area contributed by atoms with Crippen LogP contribution in [0.2, 0.25) is 0 Å². The SMILES string of the molecule is CC[C@@H](C(=O)NC1CCCCC1)N(Cc1ccc(F)cc1)C(=O)CCCN(c1cccc(OC)c1)S(C)(=O)=O. The number of carbonyl (C=O) groups is 2. The molecule has 2 aromatic rings. The number of methoxy groups -OCH3 is 1. The highest BCUT2D eigenvalue weighted by Crippen LogP contribution is 2.24. The van der Waals surface area contributed by atoms with Crippen LogP contribution >= 0.6 is 0 Å². The van der Waals surface area contributed by atoms with Gasteiger partial charge in [-0.2, -0.15) is 0 Å². The normalized spacial score (nSPS) is 14.9. The van der Waals surface area contributed by atoms with Gasteiger partial charge in [-0.25, -0.2) is 12.8 Å². The van der Waals surface area contributed by atoms with E-state index in [0.29, 0.717) is 23.4 Å². The Morgan fingerprint density at radius 3 is 2.41 bits per heavy atom. The summed E-state index contributed by atoms with van der Waals surface area (Å²) in [5.74, 6) is -0.298. The van der Waals surface area contributed by atoms with Crippen molar-refractivity contribution in [3.05, 3.63) is 59.9 Å². The standard InChI is InChI=1S/C29H40FN3O5S/c1-4-27(29(35)31-24-10-6-5-7-11-24)32(21-22-15-17-23(30)18-16-22)28(34)14-9-19-33(39(3,36)37)25-12-8-13-26(20-25)38-2/h8,12-13,15-18,20,24,27H,4-7,9-11,14,19,21H2,1-3H3,(H,31,35)/t27-/m0/s1. The van der Waals surface area contributed by atoms with E-state index in [4.69, 9.17) is 4.74 Å². The Hall–Kier alpha value is -3.14. The van der Waals surface area contributed by atoms with Crippen molar-refractivity contribution in [3.8, 4) is 5.75 Å². The highest BCUT2D eigenvalue weighted by atomic mass is 32.2. The summed E-state index contributed by atoms with van der Waals surface area (Å²) in [5.41, 5.74) is 1.16. The van der Waals surface area contributed by atoms with Crippen LogP contribution in [0.1, 0.15) is 63.9 Å². The molecule has 0 unspecified atom stereocenters. The third-order valence-electron chi connectivity index (χ3n) is 7.10. The van der Waals surface area contributed by atoms with Gasteiger partial charge in [-0.3, -0.25) is 13.9 Å². The molecule has 1 saturated carbocycles. The summed E-state index contributed by atoms with van der Waals surface area (Å²) in [6, 6.07) is 12.0. The first kappa shape index (κ1) is 30.4. The Kier molecular flexibility index (Phi) is 11.2. The largest absolute Gasteiger partial charge is 0.497 e. The Morgan fingerprint density at radius 2 is 1.79 bits per heavy atom. The van der Waals surface area contributed by atoms with Crippen LogP contribution in [0.4, 0.5) is 10.1 Å². The van der Waals surface area contributed by atoms with Gasteiger partial charge in [-0.1, -0.05) is 44.4 Å². The van der Waals surface area contributed by atoms with Crippen molar-refractivity contribution in [2.45, 2.75) is 76.9 Å². The smallest absolute Gasteiger partial charge is 0.243 e. The lowest BCUT2D eigenvalue weighted by Crippen LogP contribution is -2.51. The zero-order valence-corrected chi connectivity index (χ0v) is 23.9. The van der Waals surface area contributed by atoms with Crippen LogP contribution in [0, 0.1) is 5.82 Å². The molecule has 0 aromatic heterocycles. The van der Waals surface area contributed by atoms with Crippen LogP contribution in [-0.2, 0) is 26.2 Å². The molecule has 3 rings (SSSR count). The molecule has 1 aliphatic rings. The van der Waals surface area contributed by atoms with Gasteiger partial charge in [0.05, 0.1) is 19.1 Å². The lowest BCUT2D eigenvalue weighted by atomic mass is 9.95. The number of rotatable bonds is 13. The first-order chi connectivity index (χ1) is 18.6. The maximum absolute atomic E-state index is 13.6. The number of hydrogen-bond acceptors (Lipinski definition) is 5. The van der Waals surface area contributed by atoms with E-state index in [1.165, 1.54) is 30.0 Å². The van der Waals surface area contributed by atoms with Crippen LogP contribution in [0.15, 0.2) is 48.5 Å². The molecule has 1 atom stereocenters. The molecule has 0 aliphatic heterocycles. The number of sulfonamides is 1. The fourth-order valence-electron chi connectivity index (χ4n) is 5.02. The average Bonchev–Trinajstić information content (AvgIpc) is 2.91. The molecule has 0 saturated heterocycles. The van der Waals surface area contributed by atoms with E-state index in [-0.39, 0.29) is 49.6 Å². The second kappa shape index (κ2) is 14.3. The van der Waals surface area contributed by atoms with E-state index in [0.717, 1.165) is 31.9 Å². The van der Waals surface area contributed by atoms with Crippen molar-refractivity contribution in [2.75, 3.05) is 24.2 Å². The minimum absolute atomic E-state index is 0.0460. The zero-order chi connectivity index (χ0) is 28.4. The summed E-state index contributed by atoms with van der Waals surface area (Å²) in [5, 5.41) is 3.13. The predicted molar refractivity (Wildman–Crippen MR) is 150 cm³/mol. The molecule has 0 bridgehead atoms. The third kappa shape index (κ3) is 8.95. The lowest BCUT2D eigenvalue weighted by Gasteiger charge is -2.33. The quantitative estimate of drug-likeness (QED) is 0.385. The summed E-state index contributed by atoms with van der Waals surface area (Å²) in [6.45, 7) is 2.11. The Balaban J connectivity index is 1.75. The molecule has 1 fully saturated rings. The third-order valence-corrected chi connectivity index (χ3v) is 8.29. The molecular formula is C29H40FN3O5S. The van der Waals surface area contributed by atoms with Gasteiger partial charge >= 0.3 is 0 Å². The molecule has 214 valence electrons. The molecule has 8 nitrogen and oxygen atoms in total. The van der Waals surface area contributed by atoms with E-state index >= 15 is 0 Å². The first-order valence-corrected chi connectivity index (χ1v) is 15.4. The summed E-state index contributed by atoms with van der Waals surface area (Å²) in [4.78, 5) is 28.4. The van der Waals surface area contributed by atoms with Gasteiger partial charge in [0.15, 0.2) is 0 Å². The average molecular weight is 562 g/mol. The maximum atomic E-state index is 13.6. The molecule has 2 amide bonds.